The van der Waals surface area contributed by atoms with Crippen LogP contribution in [-0.2, 0) is 11.8 Å². The maximum absolute atomic E-state index is 13.3. The van der Waals surface area contributed by atoms with Crippen molar-refractivity contribution in [3.63, 3.8) is 0 Å². The second-order valence-corrected chi connectivity index (χ2v) is 9.44. The van der Waals surface area contributed by atoms with Crippen LogP contribution in [0.4, 0.5) is 0 Å². The lowest BCUT2D eigenvalue weighted by atomic mass is 10.0. The summed E-state index contributed by atoms with van der Waals surface area (Å²) >= 11 is 0. The molecule has 1 saturated carbocycles. The molecule has 0 unspecified atom stereocenters. The summed E-state index contributed by atoms with van der Waals surface area (Å²) in [6.45, 7) is 1.53. The fraction of sp³-hybridized carbons (Fsp3) is 0.407. The highest BCUT2D eigenvalue weighted by atomic mass is 16.5. The fourth-order valence-corrected chi connectivity index (χ4v) is 5.00. The summed E-state index contributed by atoms with van der Waals surface area (Å²) in [5, 5.41) is 1.000. The number of hydrogen-bond donors (Lipinski definition) is 0. The number of imidazole rings is 1. The summed E-state index contributed by atoms with van der Waals surface area (Å²) < 4.78 is 15.1. The summed E-state index contributed by atoms with van der Waals surface area (Å²) in [4.78, 5) is 20.0. The van der Waals surface area contributed by atoms with Gasteiger partial charge < -0.3 is 14.4 Å². The van der Waals surface area contributed by atoms with Crippen LogP contribution in [0.15, 0.2) is 53.5 Å². The Morgan fingerprint density at radius 1 is 1.09 bits per heavy atom. The molecule has 0 aliphatic heterocycles. The van der Waals surface area contributed by atoms with Gasteiger partial charge in [-0.15, -0.1) is 0 Å². The van der Waals surface area contributed by atoms with Gasteiger partial charge in [0.15, 0.2) is 0 Å². The van der Waals surface area contributed by atoms with E-state index in [-0.39, 0.29) is 17.8 Å². The van der Waals surface area contributed by atoms with Crippen LogP contribution in [0.2, 0.25) is 0 Å². The smallest absolute Gasteiger partial charge is 0.329 e. The van der Waals surface area contributed by atoms with Gasteiger partial charge in [0, 0.05) is 32.1 Å². The maximum atomic E-state index is 13.3. The van der Waals surface area contributed by atoms with Gasteiger partial charge in [-0.1, -0.05) is 18.2 Å². The third kappa shape index (κ3) is 4.10. The Hall–Kier alpha value is -3.16. The van der Waals surface area contributed by atoms with Crippen molar-refractivity contribution < 1.29 is 9.47 Å². The normalized spacial score (nSPS) is 18.4. The number of aromatic nitrogens is 3. The fourth-order valence-electron chi connectivity index (χ4n) is 5.00. The predicted molar refractivity (Wildman–Crippen MR) is 136 cm³/mol. The van der Waals surface area contributed by atoms with E-state index in [0.29, 0.717) is 6.61 Å². The molecule has 2 aromatic heterocycles. The van der Waals surface area contributed by atoms with E-state index in [1.807, 2.05) is 50.1 Å². The number of fused-ring (bicyclic) bond motifs is 3. The first-order chi connectivity index (χ1) is 16.5. The van der Waals surface area contributed by atoms with Gasteiger partial charge in [-0.25, -0.2) is 4.79 Å². The van der Waals surface area contributed by atoms with Gasteiger partial charge in [0.05, 0.1) is 28.9 Å². The molecule has 2 heterocycles. The van der Waals surface area contributed by atoms with Crippen molar-refractivity contribution in [3.8, 4) is 16.9 Å². The molecule has 1 fully saturated rings. The van der Waals surface area contributed by atoms with Gasteiger partial charge in [0.1, 0.15) is 12.4 Å². The molecule has 7 heteroatoms. The largest absolute Gasteiger partial charge is 0.492 e. The van der Waals surface area contributed by atoms with Crippen LogP contribution in [0.25, 0.3) is 33.1 Å². The summed E-state index contributed by atoms with van der Waals surface area (Å²) in [6.07, 6.45) is 4.79. The molecule has 1 aliphatic rings. The summed E-state index contributed by atoms with van der Waals surface area (Å²) in [7, 11) is 7.65. The van der Waals surface area contributed by atoms with Gasteiger partial charge >= 0.3 is 5.69 Å². The summed E-state index contributed by atoms with van der Waals surface area (Å²) in [6, 6.07) is 14.6. The molecule has 1 aliphatic carbocycles. The molecule has 4 aromatic rings. The minimum Gasteiger partial charge on any atom is -0.492 e. The Balaban J connectivity index is 1.55. The first-order valence-corrected chi connectivity index (χ1v) is 11.9. The second kappa shape index (κ2) is 9.24. The highest BCUT2D eigenvalue weighted by molar-refractivity contribution is 6.04. The van der Waals surface area contributed by atoms with Gasteiger partial charge in [-0.3, -0.25) is 14.1 Å². The Bertz CT molecular complexity index is 1370. The van der Waals surface area contributed by atoms with Crippen molar-refractivity contribution in [3.05, 3.63) is 59.1 Å². The lowest BCUT2D eigenvalue weighted by Crippen LogP contribution is -2.25. The van der Waals surface area contributed by atoms with Crippen molar-refractivity contribution in [1.29, 1.82) is 0 Å². The molecular formula is C27H32N4O3. The van der Waals surface area contributed by atoms with E-state index in [2.05, 4.69) is 34.1 Å². The number of pyridine rings is 1. The Morgan fingerprint density at radius 3 is 2.56 bits per heavy atom. The lowest BCUT2D eigenvalue weighted by molar-refractivity contribution is 0.106. The molecule has 0 N–H and O–H groups in total. The number of methoxy groups -OCH3 is 1. The Morgan fingerprint density at radius 2 is 1.85 bits per heavy atom. The number of aryl methyl sites for hydroxylation is 1. The van der Waals surface area contributed by atoms with Gasteiger partial charge in [0.2, 0.25) is 0 Å². The molecule has 2 atom stereocenters. The quantitative estimate of drug-likeness (QED) is 0.413. The van der Waals surface area contributed by atoms with E-state index in [4.69, 9.17) is 9.47 Å². The number of likely N-dealkylation sites (N-methyl/N-ethyl adjacent to an activating group) is 1. The van der Waals surface area contributed by atoms with Crippen LogP contribution in [0.1, 0.15) is 25.3 Å². The third-order valence-corrected chi connectivity index (χ3v) is 6.97. The minimum absolute atomic E-state index is 0.00989. The third-order valence-electron chi connectivity index (χ3n) is 6.97. The number of nitrogens with zero attached hydrogens (tertiary/aromatic N) is 4. The molecule has 0 amide bonds. The van der Waals surface area contributed by atoms with Crippen molar-refractivity contribution >= 4 is 21.9 Å². The number of ether oxygens (including phenoxy) is 2. The van der Waals surface area contributed by atoms with Gasteiger partial charge in [-0.05, 0) is 68.8 Å². The molecule has 0 saturated heterocycles. The number of benzene rings is 2. The van der Waals surface area contributed by atoms with Gasteiger partial charge in [-0.2, -0.15) is 0 Å². The maximum Gasteiger partial charge on any atom is 0.329 e. The molecule has 0 bridgehead atoms. The highest BCUT2D eigenvalue weighted by Gasteiger charge is 2.29. The standard InChI is InChI=1S/C27H32N4O3/c1-29(2)13-14-34-21-9-5-18(6-10-21)19-7-12-24-23(15-19)26-25(17-28-24)30(3)27(32)31(26)20-8-11-22(16-20)33-4/h5-7,9-10,12,15,17,20,22H,8,11,13-14,16H2,1-4H3/t20-,22-/m0/s1. The van der Waals surface area contributed by atoms with Crippen LogP contribution < -0.4 is 10.4 Å². The second-order valence-electron chi connectivity index (χ2n) is 9.44. The zero-order chi connectivity index (χ0) is 23.8. The monoisotopic (exact) mass is 460 g/mol. The van der Waals surface area contributed by atoms with Crippen LogP contribution >= 0.6 is 0 Å². The van der Waals surface area contributed by atoms with E-state index in [1.54, 1.807) is 11.7 Å². The van der Waals surface area contributed by atoms with Crippen molar-refractivity contribution in [1.82, 2.24) is 19.0 Å². The van der Waals surface area contributed by atoms with E-state index in [0.717, 1.165) is 64.6 Å². The van der Waals surface area contributed by atoms with Crippen LogP contribution in [-0.4, -0.2) is 59.5 Å². The van der Waals surface area contributed by atoms with Crippen LogP contribution in [0, 0.1) is 0 Å². The molecule has 2 aromatic carbocycles. The van der Waals surface area contributed by atoms with Crippen LogP contribution in [0.3, 0.4) is 0 Å². The highest BCUT2D eigenvalue weighted by Crippen LogP contribution is 2.36. The first-order valence-electron chi connectivity index (χ1n) is 11.9. The Labute approximate surface area is 199 Å². The van der Waals surface area contributed by atoms with Crippen molar-refractivity contribution in [2.24, 2.45) is 7.05 Å². The van der Waals surface area contributed by atoms with E-state index >= 15 is 0 Å². The zero-order valence-corrected chi connectivity index (χ0v) is 20.3. The lowest BCUT2D eigenvalue weighted by Gasteiger charge is -2.14. The number of hydrogen-bond acceptors (Lipinski definition) is 5. The number of rotatable bonds is 7. The van der Waals surface area contributed by atoms with Crippen molar-refractivity contribution in [2.75, 3.05) is 34.4 Å². The van der Waals surface area contributed by atoms with E-state index in [1.165, 1.54) is 0 Å². The summed E-state index contributed by atoms with van der Waals surface area (Å²) in [5.74, 6) is 0.862. The average Bonchev–Trinajstić information content (AvgIpc) is 3.41. The van der Waals surface area contributed by atoms with Gasteiger partial charge in [0.25, 0.3) is 0 Å². The predicted octanol–water partition coefficient (Wildman–Crippen LogP) is 4.24. The zero-order valence-electron chi connectivity index (χ0n) is 20.3. The minimum atomic E-state index is 0.00989. The first kappa shape index (κ1) is 22.6. The molecular weight excluding hydrogens is 428 g/mol. The molecule has 178 valence electrons. The van der Waals surface area contributed by atoms with Crippen molar-refractivity contribution in [2.45, 2.75) is 31.4 Å². The molecule has 34 heavy (non-hydrogen) atoms. The van der Waals surface area contributed by atoms with E-state index < -0.39 is 0 Å². The average molecular weight is 461 g/mol. The van der Waals surface area contributed by atoms with Crippen LogP contribution in [0.5, 0.6) is 5.75 Å². The topological polar surface area (TPSA) is 61.5 Å². The Kier molecular flexibility index (Phi) is 6.15. The molecule has 0 radical (unpaired) electrons. The molecule has 0 spiro atoms. The molecule has 7 nitrogen and oxygen atoms in total. The summed E-state index contributed by atoms with van der Waals surface area (Å²) in [5.41, 5.74) is 4.91. The van der Waals surface area contributed by atoms with E-state index in [9.17, 15) is 4.79 Å². The SMILES string of the molecule is CO[C@H]1CC[C@H](n2c(=O)n(C)c3cnc4ccc(-c5ccc(OCCN(C)C)cc5)cc4c32)C1. The molecule has 5 rings (SSSR count).